The van der Waals surface area contributed by atoms with Crippen molar-refractivity contribution in [2.75, 3.05) is 39.4 Å². The second-order valence-electron chi connectivity index (χ2n) is 4.66. The predicted molar refractivity (Wildman–Crippen MR) is 81.2 cm³/mol. The van der Waals surface area contributed by atoms with Gasteiger partial charge in [-0.2, -0.15) is 0 Å². The van der Waals surface area contributed by atoms with Crippen molar-refractivity contribution in [2.45, 2.75) is 11.3 Å². The van der Waals surface area contributed by atoms with Gasteiger partial charge in [0.1, 0.15) is 0 Å². The number of ether oxygens (including phenoxy) is 1. The number of nitrogens with one attached hydrogen (secondary N) is 1. The highest BCUT2D eigenvalue weighted by Crippen LogP contribution is 2.14. The minimum Gasteiger partial charge on any atom is -0.379 e. The molecule has 20 heavy (non-hydrogen) atoms. The van der Waals surface area contributed by atoms with Crippen molar-refractivity contribution in [3.63, 3.8) is 0 Å². The number of hydrogen-bond donors (Lipinski definition) is 1. The second-order valence-corrected chi connectivity index (χ2v) is 7.34. The zero-order chi connectivity index (χ0) is 14.4. The van der Waals surface area contributed by atoms with Crippen LogP contribution in [0, 0.1) is 0 Å². The van der Waals surface area contributed by atoms with Crippen LogP contribution in [0.5, 0.6) is 0 Å². The van der Waals surface area contributed by atoms with Crippen LogP contribution in [-0.4, -0.2) is 52.7 Å². The van der Waals surface area contributed by atoms with Crippen LogP contribution in [0.15, 0.2) is 33.6 Å². The quantitative estimate of drug-likeness (QED) is 0.778. The van der Waals surface area contributed by atoms with Crippen molar-refractivity contribution >= 4 is 26.0 Å². The van der Waals surface area contributed by atoms with Gasteiger partial charge in [-0.1, -0.05) is 15.9 Å². The molecule has 1 heterocycles. The van der Waals surface area contributed by atoms with Crippen LogP contribution in [0.25, 0.3) is 0 Å². The first kappa shape index (κ1) is 15.9. The summed E-state index contributed by atoms with van der Waals surface area (Å²) in [7, 11) is -3.39. The zero-order valence-corrected chi connectivity index (χ0v) is 13.6. The first-order valence-corrected chi connectivity index (χ1v) is 8.91. The largest absolute Gasteiger partial charge is 0.379 e. The van der Waals surface area contributed by atoms with Crippen LogP contribution >= 0.6 is 15.9 Å². The smallest absolute Gasteiger partial charge is 0.240 e. The van der Waals surface area contributed by atoms with Crippen LogP contribution in [-0.2, 0) is 14.8 Å². The lowest BCUT2D eigenvalue weighted by atomic mass is 10.3. The predicted octanol–water partition coefficient (Wildman–Crippen LogP) is 1.45. The summed E-state index contributed by atoms with van der Waals surface area (Å²) in [6, 6.07) is 6.63. The number of hydrogen-bond acceptors (Lipinski definition) is 4. The lowest BCUT2D eigenvalue weighted by Crippen LogP contribution is -2.38. The molecule has 0 aromatic heterocycles. The Morgan fingerprint density at radius 2 is 1.85 bits per heavy atom. The summed E-state index contributed by atoms with van der Waals surface area (Å²) in [6.07, 6.45) is 0.801. The summed E-state index contributed by atoms with van der Waals surface area (Å²) < 4.78 is 32.8. The average molecular weight is 363 g/mol. The van der Waals surface area contributed by atoms with Crippen LogP contribution < -0.4 is 4.72 Å². The van der Waals surface area contributed by atoms with Gasteiger partial charge in [-0.25, -0.2) is 13.1 Å². The van der Waals surface area contributed by atoms with Gasteiger partial charge in [-0.3, -0.25) is 4.90 Å². The van der Waals surface area contributed by atoms with Gasteiger partial charge < -0.3 is 4.74 Å². The molecule has 1 aliphatic rings. The monoisotopic (exact) mass is 362 g/mol. The van der Waals surface area contributed by atoms with E-state index in [1.54, 1.807) is 24.3 Å². The molecule has 0 saturated carbocycles. The van der Waals surface area contributed by atoms with Crippen LogP contribution in [0.2, 0.25) is 0 Å². The molecule has 5 nitrogen and oxygen atoms in total. The molecule has 0 aliphatic carbocycles. The molecule has 0 spiro atoms. The second kappa shape index (κ2) is 7.51. The Kier molecular flexibility index (Phi) is 5.98. The standard InChI is InChI=1S/C13H19BrN2O3S/c14-12-2-4-13(5-3-12)20(17,18)15-6-1-7-16-8-10-19-11-9-16/h2-5,15H,1,6-11H2. The van der Waals surface area contributed by atoms with Crippen molar-refractivity contribution in [1.82, 2.24) is 9.62 Å². The highest BCUT2D eigenvalue weighted by molar-refractivity contribution is 9.10. The van der Waals surface area contributed by atoms with Crippen LogP contribution in [0.1, 0.15) is 6.42 Å². The summed E-state index contributed by atoms with van der Waals surface area (Å²) in [5.74, 6) is 0. The van der Waals surface area contributed by atoms with Gasteiger partial charge in [0.15, 0.2) is 0 Å². The zero-order valence-electron chi connectivity index (χ0n) is 11.2. The Balaban J connectivity index is 1.76. The maximum Gasteiger partial charge on any atom is 0.240 e. The number of rotatable bonds is 6. The average Bonchev–Trinajstić information content (AvgIpc) is 2.45. The van der Waals surface area contributed by atoms with E-state index >= 15 is 0 Å². The first-order chi connectivity index (χ1) is 9.58. The summed E-state index contributed by atoms with van der Waals surface area (Å²) in [5, 5.41) is 0. The molecule has 0 unspecified atom stereocenters. The van der Waals surface area contributed by atoms with Gasteiger partial charge in [0.05, 0.1) is 18.1 Å². The molecule has 1 aliphatic heterocycles. The minimum absolute atomic E-state index is 0.298. The van der Waals surface area contributed by atoms with Gasteiger partial charge in [0.25, 0.3) is 0 Å². The Labute approximate surface area is 128 Å². The lowest BCUT2D eigenvalue weighted by molar-refractivity contribution is 0.0376. The Hall–Kier alpha value is -0.470. The fourth-order valence-electron chi connectivity index (χ4n) is 2.03. The van der Waals surface area contributed by atoms with E-state index in [1.165, 1.54) is 0 Å². The third-order valence-electron chi connectivity index (χ3n) is 3.17. The summed E-state index contributed by atoms with van der Waals surface area (Å²) in [6.45, 7) is 4.75. The molecule has 2 rings (SSSR count). The highest BCUT2D eigenvalue weighted by atomic mass is 79.9. The topological polar surface area (TPSA) is 58.6 Å². The van der Waals surface area contributed by atoms with Crippen LogP contribution in [0.3, 0.4) is 0 Å². The van der Waals surface area contributed by atoms with Crippen LogP contribution in [0.4, 0.5) is 0 Å². The van der Waals surface area contributed by atoms with E-state index in [1.807, 2.05) is 0 Å². The summed E-state index contributed by atoms with van der Waals surface area (Å²) in [4.78, 5) is 2.59. The molecule has 0 bridgehead atoms. The number of morpholine rings is 1. The highest BCUT2D eigenvalue weighted by Gasteiger charge is 2.14. The van der Waals surface area contributed by atoms with E-state index in [0.717, 1.165) is 43.7 Å². The number of benzene rings is 1. The van der Waals surface area contributed by atoms with Gasteiger partial charge in [-0.15, -0.1) is 0 Å². The molecule has 0 radical (unpaired) electrons. The molecule has 1 N–H and O–H groups in total. The number of sulfonamides is 1. The maximum atomic E-state index is 12.0. The lowest BCUT2D eigenvalue weighted by Gasteiger charge is -2.26. The molecule has 1 saturated heterocycles. The number of halogens is 1. The minimum atomic E-state index is -3.39. The normalized spacial score (nSPS) is 17.2. The van der Waals surface area contributed by atoms with Gasteiger partial charge in [0.2, 0.25) is 10.0 Å². The Morgan fingerprint density at radius 3 is 2.50 bits per heavy atom. The molecule has 1 fully saturated rings. The van der Waals surface area contributed by atoms with E-state index in [2.05, 4.69) is 25.6 Å². The third-order valence-corrected chi connectivity index (χ3v) is 5.18. The number of nitrogens with zero attached hydrogens (tertiary/aromatic N) is 1. The molecular formula is C13H19BrN2O3S. The molecule has 0 atom stereocenters. The molecule has 0 amide bonds. The first-order valence-electron chi connectivity index (χ1n) is 6.63. The van der Waals surface area contributed by atoms with E-state index in [4.69, 9.17) is 4.74 Å². The van der Waals surface area contributed by atoms with E-state index in [0.29, 0.717) is 11.4 Å². The van der Waals surface area contributed by atoms with Gasteiger partial charge in [0, 0.05) is 24.1 Å². The molecule has 112 valence electrons. The molecule has 1 aromatic rings. The van der Waals surface area contributed by atoms with Gasteiger partial charge >= 0.3 is 0 Å². The fourth-order valence-corrected chi connectivity index (χ4v) is 3.37. The van der Waals surface area contributed by atoms with Gasteiger partial charge in [-0.05, 0) is 37.2 Å². The van der Waals surface area contributed by atoms with Crippen molar-refractivity contribution in [2.24, 2.45) is 0 Å². The molecule has 1 aromatic carbocycles. The molecule has 7 heteroatoms. The van der Waals surface area contributed by atoms with E-state index in [-0.39, 0.29) is 0 Å². The summed E-state index contributed by atoms with van der Waals surface area (Å²) >= 11 is 3.29. The van der Waals surface area contributed by atoms with Crippen molar-refractivity contribution in [3.8, 4) is 0 Å². The Morgan fingerprint density at radius 1 is 1.20 bits per heavy atom. The van der Waals surface area contributed by atoms with Crippen molar-refractivity contribution in [3.05, 3.63) is 28.7 Å². The van der Waals surface area contributed by atoms with E-state index < -0.39 is 10.0 Å². The maximum absolute atomic E-state index is 12.0. The van der Waals surface area contributed by atoms with Crippen molar-refractivity contribution < 1.29 is 13.2 Å². The summed E-state index contributed by atoms with van der Waals surface area (Å²) in [5.41, 5.74) is 0. The fraction of sp³-hybridized carbons (Fsp3) is 0.538. The Bertz CT molecular complexity index is 513. The van der Waals surface area contributed by atoms with Crippen molar-refractivity contribution in [1.29, 1.82) is 0 Å². The SMILES string of the molecule is O=S(=O)(NCCCN1CCOCC1)c1ccc(Br)cc1. The third kappa shape index (κ3) is 4.82. The molecular weight excluding hydrogens is 344 g/mol. The van der Waals surface area contributed by atoms with E-state index in [9.17, 15) is 8.42 Å².